The maximum atomic E-state index is 12.7. The van der Waals surface area contributed by atoms with Gasteiger partial charge in [-0.3, -0.25) is 9.59 Å². The molecule has 2 N–H and O–H groups in total. The molecule has 6 heteroatoms. The summed E-state index contributed by atoms with van der Waals surface area (Å²) in [5.41, 5.74) is 0.884. The molecule has 0 bridgehead atoms. The minimum Gasteiger partial charge on any atom is -0.462 e. The Balaban J connectivity index is 1.30. The predicted molar refractivity (Wildman–Crippen MR) is 163 cm³/mol. The van der Waals surface area contributed by atoms with Crippen molar-refractivity contribution in [1.82, 2.24) is 4.90 Å². The molecule has 0 aromatic heterocycles. The Bertz CT molecular complexity index is 871. The molecule has 0 spiro atoms. The van der Waals surface area contributed by atoms with Crippen LogP contribution in [0.25, 0.3) is 0 Å². The zero-order valence-corrected chi connectivity index (χ0v) is 26.9. The van der Waals surface area contributed by atoms with Gasteiger partial charge in [-0.1, -0.05) is 53.9 Å². The van der Waals surface area contributed by atoms with Gasteiger partial charge in [-0.25, -0.2) is 0 Å². The van der Waals surface area contributed by atoms with Crippen LogP contribution in [0.4, 0.5) is 0 Å². The van der Waals surface area contributed by atoms with Crippen LogP contribution in [-0.2, 0) is 14.3 Å². The minimum absolute atomic E-state index is 0.0328. The molecule has 0 aromatic rings. The van der Waals surface area contributed by atoms with Gasteiger partial charge in [0, 0.05) is 19.5 Å². The fourth-order valence-corrected chi connectivity index (χ4v) is 10.6. The van der Waals surface area contributed by atoms with Crippen molar-refractivity contribution in [3.8, 4) is 0 Å². The Hall–Kier alpha value is -1.14. The molecule has 4 fully saturated rings. The van der Waals surface area contributed by atoms with Gasteiger partial charge in [-0.2, -0.15) is 0 Å². The van der Waals surface area contributed by atoms with Gasteiger partial charge in [-0.15, -0.1) is 0 Å². The van der Waals surface area contributed by atoms with Crippen LogP contribution in [0.3, 0.4) is 0 Å². The molecule has 4 aliphatic rings. The number of fused-ring (bicyclic) bond motifs is 5. The standard InChI is InChI=1S/C35H61NO5/c1-24(2)7-6-8-25(3)29-11-12-30-28-10-9-26-23-27(15-17-34(26,4)31(28)16-18-35(29,30)5)41-33(40)14-13-32(39)36(19-21-37)20-22-38/h24-31,37-38H,6-23H2,1-5H3. The molecule has 0 aromatic carbocycles. The molecule has 4 rings (SSSR count). The second kappa shape index (κ2) is 14.1. The second-order valence-corrected chi connectivity index (χ2v) is 15.4. The van der Waals surface area contributed by atoms with Gasteiger partial charge in [-0.05, 0) is 110 Å². The number of esters is 1. The van der Waals surface area contributed by atoms with Crippen LogP contribution in [0.15, 0.2) is 0 Å². The molecule has 9 atom stereocenters. The first-order valence-electron chi connectivity index (χ1n) is 17.2. The number of hydrogen-bond acceptors (Lipinski definition) is 5. The normalized spacial score (nSPS) is 37.2. The first-order chi connectivity index (χ1) is 19.5. The number of rotatable bonds is 13. The van der Waals surface area contributed by atoms with E-state index in [9.17, 15) is 9.59 Å². The van der Waals surface area contributed by atoms with Crippen molar-refractivity contribution in [3.05, 3.63) is 0 Å². The maximum Gasteiger partial charge on any atom is 0.306 e. The molecule has 0 heterocycles. The van der Waals surface area contributed by atoms with Crippen LogP contribution < -0.4 is 0 Å². The average Bonchev–Trinajstić information content (AvgIpc) is 3.29. The van der Waals surface area contributed by atoms with E-state index in [4.69, 9.17) is 14.9 Å². The SMILES string of the molecule is CC(C)CCCC(C)C1CCC2C3CCC4CC(OC(=O)CCC(=O)N(CCO)CCO)CCC4(C)C3CCC12C. The van der Waals surface area contributed by atoms with Gasteiger partial charge in [0.05, 0.1) is 19.6 Å². The third-order valence-electron chi connectivity index (χ3n) is 12.8. The number of nitrogens with zero attached hydrogens (tertiary/aromatic N) is 1. The van der Waals surface area contributed by atoms with E-state index in [1.165, 1.54) is 62.7 Å². The third kappa shape index (κ3) is 7.16. The summed E-state index contributed by atoms with van der Waals surface area (Å²) in [6.45, 7) is 12.6. The number of carbonyl (C=O) groups excluding carboxylic acids is 2. The molecular formula is C35H61NO5. The average molecular weight is 576 g/mol. The van der Waals surface area contributed by atoms with E-state index in [0.29, 0.717) is 16.7 Å². The van der Waals surface area contributed by atoms with Crippen molar-refractivity contribution < 1.29 is 24.5 Å². The lowest BCUT2D eigenvalue weighted by Crippen LogP contribution is -2.54. The molecule has 4 saturated carbocycles. The molecule has 0 aliphatic heterocycles. The fraction of sp³-hybridized carbons (Fsp3) is 0.943. The second-order valence-electron chi connectivity index (χ2n) is 15.4. The van der Waals surface area contributed by atoms with Crippen LogP contribution >= 0.6 is 0 Å². The van der Waals surface area contributed by atoms with E-state index in [0.717, 1.165) is 54.8 Å². The van der Waals surface area contributed by atoms with Crippen molar-refractivity contribution in [2.45, 2.75) is 131 Å². The van der Waals surface area contributed by atoms with E-state index in [-0.39, 0.29) is 57.1 Å². The predicted octanol–water partition coefficient (Wildman–Crippen LogP) is 6.61. The molecule has 41 heavy (non-hydrogen) atoms. The number of hydrogen-bond donors (Lipinski definition) is 2. The number of ether oxygens (including phenoxy) is 1. The van der Waals surface area contributed by atoms with Gasteiger partial charge in [0.25, 0.3) is 0 Å². The highest BCUT2D eigenvalue weighted by atomic mass is 16.5. The van der Waals surface area contributed by atoms with Crippen LogP contribution in [-0.4, -0.2) is 59.4 Å². The minimum atomic E-state index is -0.290. The Morgan fingerprint density at radius 2 is 1.54 bits per heavy atom. The highest BCUT2D eigenvalue weighted by Gasteiger charge is 2.60. The lowest BCUT2D eigenvalue weighted by molar-refractivity contribution is -0.163. The van der Waals surface area contributed by atoms with Gasteiger partial charge in [0.1, 0.15) is 6.10 Å². The van der Waals surface area contributed by atoms with Crippen molar-refractivity contribution in [2.75, 3.05) is 26.3 Å². The number of amides is 1. The summed E-state index contributed by atoms with van der Waals surface area (Å²) in [6.07, 6.45) is 15.6. The Morgan fingerprint density at radius 1 is 0.854 bits per heavy atom. The summed E-state index contributed by atoms with van der Waals surface area (Å²) in [5, 5.41) is 18.3. The molecule has 9 unspecified atom stereocenters. The van der Waals surface area contributed by atoms with Gasteiger partial charge < -0.3 is 19.8 Å². The third-order valence-corrected chi connectivity index (χ3v) is 12.8. The summed E-state index contributed by atoms with van der Waals surface area (Å²) >= 11 is 0. The molecule has 236 valence electrons. The monoisotopic (exact) mass is 575 g/mol. The smallest absolute Gasteiger partial charge is 0.306 e. The van der Waals surface area contributed by atoms with Crippen molar-refractivity contribution in [3.63, 3.8) is 0 Å². The lowest BCUT2D eigenvalue weighted by atomic mass is 9.44. The van der Waals surface area contributed by atoms with E-state index < -0.39 is 0 Å². The first-order valence-corrected chi connectivity index (χ1v) is 17.2. The number of aliphatic hydroxyl groups is 2. The zero-order valence-electron chi connectivity index (χ0n) is 26.9. The van der Waals surface area contributed by atoms with Gasteiger partial charge >= 0.3 is 5.97 Å². The molecule has 1 amide bonds. The van der Waals surface area contributed by atoms with Crippen LogP contribution in [0.1, 0.15) is 125 Å². The lowest BCUT2D eigenvalue weighted by Gasteiger charge is -2.61. The summed E-state index contributed by atoms with van der Waals surface area (Å²) in [4.78, 5) is 26.5. The van der Waals surface area contributed by atoms with E-state index in [1.807, 2.05) is 0 Å². The topological polar surface area (TPSA) is 87.1 Å². The molecule has 6 nitrogen and oxygen atoms in total. The maximum absolute atomic E-state index is 12.7. The molecular weight excluding hydrogens is 514 g/mol. The molecule has 0 radical (unpaired) electrons. The van der Waals surface area contributed by atoms with E-state index in [1.54, 1.807) is 0 Å². The van der Waals surface area contributed by atoms with E-state index >= 15 is 0 Å². The Morgan fingerprint density at radius 3 is 2.22 bits per heavy atom. The van der Waals surface area contributed by atoms with Gasteiger partial charge in [0.15, 0.2) is 0 Å². The number of carbonyl (C=O) groups is 2. The summed E-state index contributed by atoms with van der Waals surface area (Å²) in [7, 11) is 0. The summed E-state index contributed by atoms with van der Waals surface area (Å²) in [5.74, 6) is 5.24. The van der Waals surface area contributed by atoms with Crippen molar-refractivity contribution in [2.24, 2.45) is 52.3 Å². The summed E-state index contributed by atoms with van der Waals surface area (Å²) in [6, 6.07) is 0. The summed E-state index contributed by atoms with van der Waals surface area (Å²) < 4.78 is 5.94. The Kier molecular flexibility index (Phi) is 11.3. The van der Waals surface area contributed by atoms with Crippen molar-refractivity contribution >= 4 is 11.9 Å². The highest BCUT2D eigenvalue weighted by molar-refractivity contribution is 5.81. The van der Waals surface area contributed by atoms with Crippen LogP contribution in [0, 0.1) is 52.3 Å². The van der Waals surface area contributed by atoms with Gasteiger partial charge in [0.2, 0.25) is 5.91 Å². The van der Waals surface area contributed by atoms with Crippen LogP contribution in [0.2, 0.25) is 0 Å². The largest absolute Gasteiger partial charge is 0.462 e. The fourth-order valence-electron chi connectivity index (χ4n) is 10.6. The highest BCUT2D eigenvalue weighted by Crippen LogP contribution is 2.68. The molecule has 4 aliphatic carbocycles. The van der Waals surface area contributed by atoms with Crippen LogP contribution in [0.5, 0.6) is 0 Å². The zero-order chi connectivity index (χ0) is 29.8. The first kappa shape index (κ1) is 32.8. The van der Waals surface area contributed by atoms with Crippen molar-refractivity contribution in [1.29, 1.82) is 0 Å². The Labute approximate surface area is 250 Å². The van der Waals surface area contributed by atoms with E-state index in [2.05, 4.69) is 34.6 Å². The quantitative estimate of drug-likeness (QED) is 0.241. The molecule has 0 saturated heterocycles. The number of aliphatic hydroxyl groups excluding tert-OH is 2.